The van der Waals surface area contributed by atoms with Crippen LogP contribution in [0.15, 0.2) is 18.2 Å². The first-order chi connectivity index (χ1) is 8.97. The molecule has 1 heterocycles. The summed E-state index contributed by atoms with van der Waals surface area (Å²) in [6.07, 6.45) is 3.26. The Labute approximate surface area is 115 Å². The maximum atomic E-state index is 11.8. The molecule has 3 nitrogen and oxygen atoms in total. The molecule has 3 heteroatoms. The molecule has 0 aliphatic carbocycles. The van der Waals surface area contributed by atoms with Gasteiger partial charge in [-0.25, -0.2) is 0 Å². The zero-order valence-electron chi connectivity index (χ0n) is 12.2. The minimum absolute atomic E-state index is 0.118. The fourth-order valence-corrected chi connectivity index (χ4v) is 2.27. The van der Waals surface area contributed by atoms with Gasteiger partial charge in [0.25, 0.3) is 0 Å². The van der Waals surface area contributed by atoms with E-state index in [2.05, 4.69) is 28.8 Å². The van der Waals surface area contributed by atoms with Gasteiger partial charge in [0.15, 0.2) is 0 Å². The number of amides is 1. The van der Waals surface area contributed by atoms with Crippen LogP contribution in [0.3, 0.4) is 0 Å². The molecule has 0 bridgehead atoms. The molecule has 0 saturated heterocycles. The third kappa shape index (κ3) is 3.72. The number of rotatable bonds is 3. The van der Waals surface area contributed by atoms with Gasteiger partial charge in [0.1, 0.15) is 0 Å². The lowest BCUT2D eigenvalue weighted by Gasteiger charge is -2.19. The number of hydrogen-bond donors (Lipinski definition) is 2. The van der Waals surface area contributed by atoms with Crippen molar-refractivity contribution in [3.63, 3.8) is 0 Å². The summed E-state index contributed by atoms with van der Waals surface area (Å²) in [7, 11) is 0. The maximum absolute atomic E-state index is 11.8. The Bertz CT molecular complexity index is 460. The molecule has 2 N–H and O–H groups in total. The van der Waals surface area contributed by atoms with E-state index in [-0.39, 0.29) is 11.3 Å². The zero-order chi connectivity index (χ0) is 13.9. The third-order valence-corrected chi connectivity index (χ3v) is 3.49. The van der Waals surface area contributed by atoms with Crippen LogP contribution in [0.2, 0.25) is 0 Å². The van der Waals surface area contributed by atoms with Crippen LogP contribution in [0.4, 0.5) is 5.69 Å². The molecule has 0 unspecified atom stereocenters. The third-order valence-electron chi connectivity index (χ3n) is 3.49. The van der Waals surface area contributed by atoms with Crippen molar-refractivity contribution in [3.05, 3.63) is 29.3 Å². The molecule has 0 aromatic heterocycles. The van der Waals surface area contributed by atoms with Crippen molar-refractivity contribution in [2.75, 3.05) is 18.4 Å². The molecule has 0 fully saturated rings. The average Bonchev–Trinajstić information content (AvgIpc) is 2.37. The van der Waals surface area contributed by atoms with Crippen LogP contribution in [0, 0.1) is 5.41 Å². The summed E-state index contributed by atoms with van der Waals surface area (Å²) in [5.74, 6) is 0.118. The minimum atomic E-state index is -0.306. The molecule has 1 aliphatic rings. The van der Waals surface area contributed by atoms with Gasteiger partial charge in [-0.1, -0.05) is 32.9 Å². The van der Waals surface area contributed by atoms with Gasteiger partial charge in [0, 0.05) is 24.2 Å². The molecule has 0 saturated carbocycles. The van der Waals surface area contributed by atoms with E-state index in [1.165, 1.54) is 23.2 Å². The van der Waals surface area contributed by atoms with E-state index in [4.69, 9.17) is 0 Å². The summed E-state index contributed by atoms with van der Waals surface area (Å²) in [6.45, 7) is 7.60. The van der Waals surface area contributed by atoms with Gasteiger partial charge >= 0.3 is 0 Å². The van der Waals surface area contributed by atoms with Gasteiger partial charge in [-0.15, -0.1) is 0 Å². The molecule has 0 spiro atoms. The molecule has 2 rings (SSSR count). The quantitative estimate of drug-likeness (QED) is 0.877. The van der Waals surface area contributed by atoms with E-state index < -0.39 is 0 Å². The Morgan fingerprint density at radius 3 is 2.89 bits per heavy atom. The first kappa shape index (κ1) is 13.9. The fourth-order valence-electron chi connectivity index (χ4n) is 2.27. The first-order valence-electron chi connectivity index (χ1n) is 7.11. The van der Waals surface area contributed by atoms with Crippen LogP contribution >= 0.6 is 0 Å². The van der Waals surface area contributed by atoms with E-state index >= 15 is 0 Å². The minimum Gasteiger partial charge on any atom is -0.385 e. The topological polar surface area (TPSA) is 41.1 Å². The SMILES string of the molecule is CC(C)(C)C(=O)NCCc1ccc2c(c1)CCCN2. The molecule has 19 heavy (non-hydrogen) atoms. The summed E-state index contributed by atoms with van der Waals surface area (Å²) >= 11 is 0. The van der Waals surface area contributed by atoms with Crippen molar-refractivity contribution < 1.29 is 4.79 Å². The second kappa shape index (κ2) is 5.64. The number of nitrogens with one attached hydrogen (secondary N) is 2. The van der Waals surface area contributed by atoms with Crippen molar-refractivity contribution in [1.29, 1.82) is 0 Å². The normalized spacial score (nSPS) is 14.5. The lowest BCUT2D eigenvalue weighted by atomic mass is 9.95. The van der Waals surface area contributed by atoms with Gasteiger partial charge < -0.3 is 10.6 Å². The average molecular weight is 260 g/mol. The Hall–Kier alpha value is -1.51. The van der Waals surface area contributed by atoms with Gasteiger partial charge in [-0.2, -0.15) is 0 Å². The van der Waals surface area contributed by atoms with Crippen molar-refractivity contribution in [2.24, 2.45) is 5.41 Å². The molecule has 1 aliphatic heterocycles. The Kier molecular flexibility index (Phi) is 4.13. The van der Waals surface area contributed by atoms with Crippen LogP contribution < -0.4 is 10.6 Å². The maximum Gasteiger partial charge on any atom is 0.225 e. The lowest BCUT2D eigenvalue weighted by Crippen LogP contribution is -2.35. The summed E-state index contributed by atoms with van der Waals surface area (Å²) in [5, 5.41) is 6.41. The molecule has 1 amide bonds. The molecule has 0 radical (unpaired) electrons. The fraction of sp³-hybridized carbons (Fsp3) is 0.562. The van der Waals surface area contributed by atoms with Crippen LogP contribution in [-0.4, -0.2) is 19.0 Å². The largest absolute Gasteiger partial charge is 0.385 e. The summed E-state index contributed by atoms with van der Waals surface area (Å²) in [6, 6.07) is 6.58. The second-order valence-corrected chi connectivity index (χ2v) is 6.28. The highest BCUT2D eigenvalue weighted by Gasteiger charge is 2.20. The molecule has 1 aromatic carbocycles. The van der Waals surface area contributed by atoms with E-state index in [9.17, 15) is 4.79 Å². The monoisotopic (exact) mass is 260 g/mol. The number of hydrogen-bond acceptors (Lipinski definition) is 2. The van der Waals surface area contributed by atoms with Gasteiger partial charge in [-0.3, -0.25) is 4.79 Å². The van der Waals surface area contributed by atoms with Crippen LogP contribution in [-0.2, 0) is 17.6 Å². The van der Waals surface area contributed by atoms with Crippen LogP contribution in [0.5, 0.6) is 0 Å². The number of anilines is 1. The van der Waals surface area contributed by atoms with E-state index in [1.54, 1.807) is 0 Å². The number of aryl methyl sites for hydroxylation is 1. The number of benzene rings is 1. The molecule has 104 valence electrons. The van der Waals surface area contributed by atoms with Crippen molar-refractivity contribution in [1.82, 2.24) is 5.32 Å². The second-order valence-electron chi connectivity index (χ2n) is 6.28. The Balaban J connectivity index is 1.88. The summed E-state index contributed by atoms with van der Waals surface area (Å²) in [4.78, 5) is 11.8. The molecular formula is C16H24N2O. The summed E-state index contributed by atoms with van der Waals surface area (Å²) < 4.78 is 0. The van der Waals surface area contributed by atoms with Gasteiger partial charge in [0.2, 0.25) is 5.91 Å². The van der Waals surface area contributed by atoms with E-state index in [0.29, 0.717) is 6.54 Å². The van der Waals surface area contributed by atoms with Crippen molar-refractivity contribution >= 4 is 11.6 Å². The Morgan fingerprint density at radius 2 is 2.16 bits per heavy atom. The van der Waals surface area contributed by atoms with Gasteiger partial charge in [0.05, 0.1) is 0 Å². The summed E-state index contributed by atoms with van der Waals surface area (Å²) in [5.41, 5.74) is 3.68. The zero-order valence-corrected chi connectivity index (χ0v) is 12.2. The first-order valence-corrected chi connectivity index (χ1v) is 7.11. The van der Waals surface area contributed by atoms with Crippen LogP contribution in [0.1, 0.15) is 38.3 Å². The highest BCUT2D eigenvalue weighted by molar-refractivity contribution is 5.81. The predicted molar refractivity (Wildman–Crippen MR) is 79.4 cm³/mol. The highest BCUT2D eigenvalue weighted by Crippen LogP contribution is 2.23. The Morgan fingerprint density at radius 1 is 1.37 bits per heavy atom. The predicted octanol–water partition coefficient (Wildman–Crippen LogP) is 2.75. The van der Waals surface area contributed by atoms with Gasteiger partial charge in [-0.05, 0) is 36.5 Å². The number of fused-ring (bicyclic) bond motifs is 1. The van der Waals surface area contributed by atoms with Crippen LogP contribution in [0.25, 0.3) is 0 Å². The smallest absolute Gasteiger partial charge is 0.225 e. The molecule has 0 atom stereocenters. The van der Waals surface area contributed by atoms with Crippen molar-refractivity contribution in [2.45, 2.75) is 40.0 Å². The number of carbonyl (C=O) groups is 1. The van der Waals surface area contributed by atoms with Crippen molar-refractivity contribution in [3.8, 4) is 0 Å². The molecule has 1 aromatic rings. The standard InChI is InChI=1S/C16H24N2O/c1-16(2,3)15(19)18-10-8-12-6-7-14-13(11-12)5-4-9-17-14/h6-7,11,17H,4-5,8-10H2,1-3H3,(H,18,19). The highest BCUT2D eigenvalue weighted by atomic mass is 16.2. The number of carbonyl (C=O) groups excluding carboxylic acids is 1. The van der Waals surface area contributed by atoms with E-state index in [0.717, 1.165) is 19.4 Å². The van der Waals surface area contributed by atoms with E-state index in [1.807, 2.05) is 20.8 Å². The lowest BCUT2D eigenvalue weighted by molar-refractivity contribution is -0.128. The molecular weight excluding hydrogens is 236 g/mol.